The molecule has 0 N–H and O–H groups in total. The molecular weight excluding hydrogens is 639 g/mol. The van der Waals surface area contributed by atoms with Crippen LogP contribution in [0.25, 0.3) is 72.5 Å². The number of nitrogens with zero attached hydrogens (tertiary/aromatic N) is 3. The van der Waals surface area contributed by atoms with E-state index in [-0.39, 0.29) is 0 Å². The number of hydrogen-bond acceptors (Lipinski definition) is 3. The molecule has 0 bridgehead atoms. The third kappa shape index (κ3) is 5.90. The molecule has 0 unspecified atom stereocenters. The minimum absolute atomic E-state index is 0.701. The van der Waals surface area contributed by atoms with Gasteiger partial charge in [0.05, 0.1) is 22.4 Å². The van der Waals surface area contributed by atoms with Gasteiger partial charge in [-0.3, -0.25) is 0 Å². The van der Waals surface area contributed by atoms with Gasteiger partial charge in [-0.1, -0.05) is 128 Å². The van der Waals surface area contributed by atoms with Gasteiger partial charge in [0.2, 0.25) is 0 Å². The van der Waals surface area contributed by atoms with Crippen LogP contribution in [0.15, 0.2) is 187 Å². The van der Waals surface area contributed by atoms with Crippen LogP contribution in [0.5, 0.6) is 0 Å². The summed E-state index contributed by atoms with van der Waals surface area (Å²) in [6, 6.07) is 55.2. The fourth-order valence-electron chi connectivity index (χ4n) is 6.91. The van der Waals surface area contributed by atoms with E-state index in [1.807, 2.05) is 48.2 Å². The van der Waals surface area contributed by atoms with Crippen LogP contribution in [-0.4, -0.2) is 20.3 Å². The molecule has 9 rings (SSSR count). The Morgan fingerprint density at radius 1 is 0.608 bits per heavy atom. The molecule has 0 amide bonds. The van der Waals surface area contributed by atoms with E-state index < -0.39 is 0 Å². The highest BCUT2D eigenvalue weighted by Crippen LogP contribution is 2.39. The third-order valence-corrected chi connectivity index (χ3v) is 10.6. The third-order valence-electron chi connectivity index (χ3n) is 9.50. The molecule has 0 saturated carbocycles. The van der Waals surface area contributed by atoms with Crippen molar-refractivity contribution in [3.63, 3.8) is 0 Å². The van der Waals surface area contributed by atoms with Gasteiger partial charge in [-0.25, -0.2) is 9.97 Å². The molecule has 4 heteroatoms. The van der Waals surface area contributed by atoms with Crippen LogP contribution < -0.4 is 0 Å². The molecule has 1 aliphatic rings. The first-order valence-corrected chi connectivity index (χ1v) is 18.1. The van der Waals surface area contributed by atoms with Gasteiger partial charge in [0, 0.05) is 43.8 Å². The second kappa shape index (κ2) is 13.2. The number of rotatable bonds is 7. The molecule has 242 valence electrons. The molecule has 0 atom stereocenters. The Hall–Kier alpha value is -6.23. The van der Waals surface area contributed by atoms with Crippen molar-refractivity contribution in [3.8, 4) is 39.6 Å². The van der Waals surface area contributed by atoms with Crippen LogP contribution >= 0.6 is 11.8 Å². The second-order valence-electron chi connectivity index (χ2n) is 12.7. The Balaban J connectivity index is 1.06. The average Bonchev–Trinajstić information content (AvgIpc) is 3.77. The van der Waals surface area contributed by atoms with Crippen LogP contribution in [0.1, 0.15) is 11.1 Å². The van der Waals surface area contributed by atoms with Gasteiger partial charge in [-0.2, -0.15) is 0 Å². The predicted molar refractivity (Wildman–Crippen MR) is 216 cm³/mol. The molecule has 51 heavy (non-hydrogen) atoms. The van der Waals surface area contributed by atoms with E-state index in [1.165, 1.54) is 26.8 Å². The Kier molecular flexibility index (Phi) is 8.00. The van der Waals surface area contributed by atoms with Crippen LogP contribution in [0, 0.1) is 0 Å². The molecule has 2 aromatic heterocycles. The first kappa shape index (κ1) is 30.8. The lowest BCUT2D eigenvalue weighted by Gasteiger charge is -2.11. The van der Waals surface area contributed by atoms with E-state index in [1.54, 1.807) is 0 Å². The van der Waals surface area contributed by atoms with Crippen molar-refractivity contribution in [1.82, 2.24) is 14.5 Å². The fourth-order valence-corrected chi connectivity index (χ4v) is 8.00. The Labute approximate surface area is 302 Å². The van der Waals surface area contributed by atoms with Crippen molar-refractivity contribution in [2.75, 3.05) is 5.75 Å². The fraction of sp³-hybridized carbons (Fsp3) is 0.0213. The molecule has 0 radical (unpaired) electrons. The summed E-state index contributed by atoms with van der Waals surface area (Å²) in [5.41, 5.74) is 13.1. The predicted octanol–water partition coefficient (Wildman–Crippen LogP) is 12.3. The lowest BCUT2D eigenvalue weighted by molar-refractivity contribution is 1.16. The summed E-state index contributed by atoms with van der Waals surface area (Å²) < 4.78 is 2.34. The summed E-state index contributed by atoms with van der Waals surface area (Å²) in [6.45, 7) is 4.43. The van der Waals surface area contributed by atoms with Crippen LogP contribution in [0.4, 0.5) is 0 Å². The highest BCUT2D eigenvalue weighted by Gasteiger charge is 2.16. The maximum absolute atomic E-state index is 5.04. The van der Waals surface area contributed by atoms with Crippen molar-refractivity contribution in [1.29, 1.82) is 0 Å². The number of benzene rings is 6. The van der Waals surface area contributed by atoms with Crippen LogP contribution in [0.3, 0.4) is 0 Å². The van der Waals surface area contributed by atoms with E-state index in [0.717, 1.165) is 61.7 Å². The van der Waals surface area contributed by atoms with E-state index in [2.05, 4.69) is 151 Å². The molecule has 3 nitrogen and oxygen atoms in total. The summed E-state index contributed by atoms with van der Waals surface area (Å²) in [5.74, 6) is 1.71. The summed E-state index contributed by atoms with van der Waals surface area (Å²) in [5, 5.41) is 2.41. The topological polar surface area (TPSA) is 30.7 Å². The first-order valence-electron chi connectivity index (χ1n) is 17.1. The zero-order chi connectivity index (χ0) is 34.1. The van der Waals surface area contributed by atoms with Crippen LogP contribution in [0.2, 0.25) is 0 Å². The van der Waals surface area contributed by atoms with Gasteiger partial charge in [0.25, 0.3) is 0 Å². The van der Waals surface area contributed by atoms with Gasteiger partial charge in [0.1, 0.15) is 0 Å². The second-order valence-corrected chi connectivity index (χ2v) is 13.7. The summed E-state index contributed by atoms with van der Waals surface area (Å²) in [7, 11) is 0. The van der Waals surface area contributed by atoms with E-state index in [0.29, 0.717) is 5.82 Å². The largest absolute Gasteiger partial charge is 0.309 e. The number of allylic oxidation sites excluding steroid dienone is 4. The summed E-state index contributed by atoms with van der Waals surface area (Å²) in [6.07, 6.45) is 6.48. The standard InChI is InChI=1S/C47H33N3S/c1-32(13-12-18-37-31-51-46-22-11-9-19-39(37)46)36-25-28-45-41(29-36)40-20-8-10-21-44(40)50(45)38-26-23-35(24-27-38)47-48-42(33-14-4-2-5-15-33)30-43(49-47)34-16-6-3-7-17-34/h2-30H,1,31H2/b13-12-,37-18+. The highest BCUT2D eigenvalue weighted by atomic mass is 32.2. The van der Waals surface area contributed by atoms with Crippen molar-refractivity contribution in [2.45, 2.75) is 4.90 Å². The highest BCUT2D eigenvalue weighted by molar-refractivity contribution is 8.00. The smallest absolute Gasteiger partial charge is 0.160 e. The Morgan fingerprint density at radius 2 is 1.25 bits per heavy atom. The maximum atomic E-state index is 5.04. The molecule has 0 aliphatic carbocycles. The van der Waals surface area contributed by atoms with Crippen molar-refractivity contribution < 1.29 is 0 Å². The first-order chi connectivity index (χ1) is 25.2. The number of thioether (sulfide) groups is 1. The Bertz CT molecular complexity index is 2570. The Morgan fingerprint density at radius 3 is 2.00 bits per heavy atom. The van der Waals surface area contributed by atoms with Gasteiger partial charge in [-0.15, -0.1) is 11.8 Å². The van der Waals surface area contributed by atoms with E-state index in [9.17, 15) is 0 Å². The minimum atomic E-state index is 0.701. The molecule has 0 spiro atoms. The normalized spacial score (nSPS) is 13.4. The van der Waals surface area contributed by atoms with Gasteiger partial charge in [0.15, 0.2) is 5.82 Å². The maximum Gasteiger partial charge on any atom is 0.160 e. The van der Waals surface area contributed by atoms with E-state index >= 15 is 0 Å². The molecule has 0 fully saturated rings. The summed E-state index contributed by atoms with van der Waals surface area (Å²) >= 11 is 1.90. The molecule has 3 heterocycles. The van der Waals surface area contributed by atoms with Crippen molar-refractivity contribution in [2.24, 2.45) is 0 Å². The zero-order valence-corrected chi connectivity index (χ0v) is 28.7. The zero-order valence-electron chi connectivity index (χ0n) is 27.9. The van der Waals surface area contributed by atoms with Gasteiger partial charge in [-0.05, 0) is 76.9 Å². The van der Waals surface area contributed by atoms with Crippen molar-refractivity contribution >= 4 is 44.7 Å². The van der Waals surface area contributed by atoms with Crippen molar-refractivity contribution in [3.05, 3.63) is 194 Å². The summed E-state index contributed by atoms with van der Waals surface area (Å²) in [4.78, 5) is 11.4. The molecule has 1 aliphatic heterocycles. The average molecular weight is 672 g/mol. The molecule has 0 saturated heterocycles. The molecule has 6 aromatic carbocycles. The number of hydrogen-bond donors (Lipinski definition) is 0. The number of aromatic nitrogens is 3. The lowest BCUT2D eigenvalue weighted by Crippen LogP contribution is -1.97. The van der Waals surface area contributed by atoms with Crippen LogP contribution in [-0.2, 0) is 0 Å². The SMILES string of the molecule is C=C(/C=C\C=C1/CSc2ccccc21)c1ccc2c(c1)c1ccccc1n2-c1ccc(-c2nc(-c3ccccc3)cc(-c3ccccc3)n2)cc1. The molecular formula is C47H33N3S. The molecule has 8 aromatic rings. The number of fused-ring (bicyclic) bond motifs is 4. The minimum Gasteiger partial charge on any atom is -0.309 e. The van der Waals surface area contributed by atoms with E-state index in [4.69, 9.17) is 9.97 Å². The monoisotopic (exact) mass is 671 g/mol. The lowest BCUT2D eigenvalue weighted by atomic mass is 10.0. The number of para-hydroxylation sites is 1. The quantitative estimate of drug-likeness (QED) is 0.158. The van der Waals surface area contributed by atoms with Gasteiger partial charge < -0.3 is 4.57 Å². The van der Waals surface area contributed by atoms with Gasteiger partial charge >= 0.3 is 0 Å².